The summed E-state index contributed by atoms with van der Waals surface area (Å²) in [5.74, 6) is 1.43. The van der Waals surface area contributed by atoms with Gasteiger partial charge in [0, 0.05) is 5.41 Å². The molecule has 4 nitrogen and oxygen atoms in total. The zero-order valence-corrected chi connectivity index (χ0v) is 22.3. The molecule has 0 aromatic rings. The molecule has 9 atom stereocenters. The lowest BCUT2D eigenvalue weighted by Crippen LogP contribution is -2.72. The van der Waals surface area contributed by atoms with Gasteiger partial charge in [0.05, 0.1) is 18.1 Å². The van der Waals surface area contributed by atoms with Crippen molar-refractivity contribution in [2.75, 3.05) is 6.61 Å². The molecule has 1 heterocycles. The number of aliphatic hydroxyl groups excluding tert-OH is 2. The lowest BCUT2D eigenvalue weighted by Gasteiger charge is -2.73. The Morgan fingerprint density at radius 3 is 2.32 bits per heavy atom. The van der Waals surface area contributed by atoms with Crippen molar-refractivity contribution in [3.05, 3.63) is 11.1 Å². The maximum atomic E-state index is 13.7. The number of fused-ring (bicyclic) bond motifs is 4. The van der Waals surface area contributed by atoms with Crippen LogP contribution in [0.1, 0.15) is 106 Å². The van der Waals surface area contributed by atoms with Gasteiger partial charge in [-0.3, -0.25) is 4.79 Å². The number of ether oxygens (including phenoxy) is 1. The second-order valence-corrected chi connectivity index (χ2v) is 14.5. The number of rotatable bonds is 1. The molecule has 4 saturated carbocycles. The highest BCUT2D eigenvalue weighted by atomic mass is 16.6. The molecule has 1 aliphatic heterocycles. The maximum Gasteiger partial charge on any atom is 0.317 e. The molecular weight excluding hydrogens is 424 g/mol. The summed E-state index contributed by atoms with van der Waals surface area (Å²) in [6, 6.07) is 0. The predicted molar refractivity (Wildman–Crippen MR) is 132 cm³/mol. The molecule has 4 heteroatoms. The van der Waals surface area contributed by atoms with Gasteiger partial charge in [-0.15, -0.1) is 0 Å². The molecule has 1 saturated heterocycles. The fourth-order valence-electron chi connectivity index (χ4n) is 11.6. The second kappa shape index (κ2) is 6.71. The van der Waals surface area contributed by atoms with Gasteiger partial charge in [0.15, 0.2) is 0 Å². The number of hydrogen-bond donors (Lipinski definition) is 2. The molecule has 5 aliphatic carbocycles. The van der Waals surface area contributed by atoms with Gasteiger partial charge < -0.3 is 14.9 Å². The highest BCUT2D eigenvalue weighted by Crippen LogP contribution is 2.80. The molecule has 2 N–H and O–H groups in total. The molecule has 190 valence electrons. The molecule has 5 fully saturated rings. The van der Waals surface area contributed by atoms with Gasteiger partial charge in [-0.25, -0.2) is 0 Å². The molecule has 1 spiro atoms. The van der Waals surface area contributed by atoms with Gasteiger partial charge in [0.25, 0.3) is 0 Å². The highest BCUT2D eigenvalue weighted by molar-refractivity contribution is 5.87. The van der Waals surface area contributed by atoms with Crippen LogP contribution in [-0.4, -0.2) is 34.5 Å². The topological polar surface area (TPSA) is 66.8 Å². The van der Waals surface area contributed by atoms with Gasteiger partial charge in [-0.2, -0.15) is 0 Å². The third kappa shape index (κ3) is 2.25. The summed E-state index contributed by atoms with van der Waals surface area (Å²) in [6.07, 6.45) is 9.40. The van der Waals surface area contributed by atoms with Gasteiger partial charge in [-0.05, 0) is 111 Å². The van der Waals surface area contributed by atoms with Crippen molar-refractivity contribution in [2.45, 2.75) is 117 Å². The van der Waals surface area contributed by atoms with Crippen LogP contribution in [0.2, 0.25) is 0 Å². The minimum Gasteiger partial charge on any atom is -0.453 e. The van der Waals surface area contributed by atoms with E-state index >= 15 is 0 Å². The first-order valence-corrected chi connectivity index (χ1v) is 14.1. The quantitative estimate of drug-likeness (QED) is 0.375. The Kier molecular flexibility index (Phi) is 4.64. The molecule has 0 aromatic carbocycles. The van der Waals surface area contributed by atoms with E-state index in [0.29, 0.717) is 17.8 Å². The Morgan fingerprint density at radius 1 is 0.912 bits per heavy atom. The molecule has 0 amide bonds. The standard InChI is InChI=1S/C30H46O4/c1-18-7-13-28-15-16-29(17-31)27(6)12-8-20-25(3,4)22(32)10-11-26(20,5)21(27)9-14-30(29,34-24(28)33)23(28)19(18)2/h18,20-22,31-32H,7-17H2,1-6H3/t18-,20+,21-,22+,26+,27-,28+,29-,30+/m1/s1. The lowest BCUT2D eigenvalue weighted by molar-refractivity contribution is -0.272. The molecule has 34 heavy (non-hydrogen) atoms. The zero-order chi connectivity index (χ0) is 24.5. The summed E-state index contributed by atoms with van der Waals surface area (Å²) in [7, 11) is 0. The van der Waals surface area contributed by atoms with Crippen molar-refractivity contribution in [1.29, 1.82) is 0 Å². The van der Waals surface area contributed by atoms with Crippen LogP contribution in [0, 0.1) is 44.8 Å². The second-order valence-electron chi connectivity index (χ2n) is 14.5. The number of hydrogen-bond acceptors (Lipinski definition) is 4. The molecule has 2 bridgehead atoms. The number of carbonyl (C=O) groups excluding carboxylic acids is 1. The van der Waals surface area contributed by atoms with Crippen molar-refractivity contribution < 1.29 is 19.7 Å². The summed E-state index contributed by atoms with van der Waals surface area (Å²) in [5.41, 5.74) is 1.16. The number of aliphatic hydroxyl groups is 2. The maximum absolute atomic E-state index is 13.7. The third-order valence-electron chi connectivity index (χ3n) is 13.6. The van der Waals surface area contributed by atoms with Crippen molar-refractivity contribution in [1.82, 2.24) is 0 Å². The Hall–Kier alpha value is -0.870. The Morgan fingerprint density at radius 2 is 1.62 bits per heavy atom. The van der Waals surface area contributed by atoms with Crippen LogP contribution in [0.4, 0.5) is 0 Å². The molecule has 0 unspecified atom stereocenters. The average molecular weight is 471 g/mol. The highest BCUT2D eigenvalue weighted by Gasteiger charge is 2.80. The summed E-state index contributed by atoms with van der Waals surface area (Å²) in [4.78, 5) is 13.7. The summed E-state index contributed by atoms with van der Waals surface area (Å²) >= 11 is 0. The fourth-order valence-corrected chi connectivity index (χ4v) is 11.6. The monoisotopic (exact) mass is 470 g/mol. The van der Waals surface area contributed by atoms with E-state index in [9.17, 15) is 15.0 Å². The van der Waals surface area contributed by atoms with Crippen molar-refractivity contribution in [2.24, 2.45) is 44.8 Å². The van der Waals surface area contributed by atoms with Crippen molar-refractivity contribution >= 4 is 5.97 Å². The van der Waals surface area contributed by atoms with Crippen LogP contribution in [0.15, 0.2) is 11.1 Å². The minimum atomic E-state index is -0.631. The van der Waals surface area contributed by atoms with Gasteiger partial charge in [-0.1, -0.05) is 40.2 Å². The summed E-state index contributed by atoms with van der Waals surface area (Å²) in [5, 5.41) is 22.3. The largest absolute Gasteiger partial charge is 0.453 e. The van der Waals surface area contributed by atoms with E-state index in [2.05, 4.69) is 41.5 Å². The number of esters is 1. The van der Waals surface area contributed by atoms with Crippen LogP contribution in [0.25, 0.3) is 0 Å². The Labute approximate surface area is 205 Å². The first-order valence-electron chi connectivity index (χ1n) is 14.1. The van der Waals surface area contributed by atoms with Crippen LogP contribution >= 0.6 is 0 Å². The van der Waals surface area contributed by atoms with Gasteiger partial charge in [0.2, 0.25) is 0 Å². The van der Waals surface area contributed by atoms with E-state index < -0.39 is 16.4 Å². The molecule has 0 aromatic heterocycles. The van der Waals surface area contributed by atoms with Crippen LogP contribution in [-0.2, 0) is 9.53 Å². The van der Waals surface area contributed by atoms with Crippen molar-refractivity contribution in [3.63, 3.8) is 0 Å². The van der Waals surface area contributed by atoms with E-state index in [1.165, 1.54) is 11.1 Å². The van der Waals surface area contributed by atoms with Gasteiger partial charge >= 0.3 is 5.97 Å². The smallest absolute Gasteiger partial charge is 0.317 e. The van der Waals surface area contributed by atoms with Crippen LogP contribution in [0.3, 0.4) is 0 Å². The first kappa shape index (κ1) is 23.5. The van der Waals surface area contributed by atoms with E-state index in [1.807, 2.05) is 0 Å². The minimum absolute atomic E-state index is 0.00736. The number of carbonyl (C=O) groups is 1. The van der Waals surface area contributed by atoms with Gasteiger partial charge in [0.1, 0.15) is 5.60 Å². The SMILES string of the molecule is CC1=C2[C@]3(CC[C@H]1C)CC[C@]1(CO)[C@@]2(CC[C@@H]2[C@@]4(C)CC[C@H](O)C(C)(C)[C@@H]4CC[C@]21C)OC3=O. The van der Waals surface area contributed by atoms with Crippen molar-refractivity contribution in [3.8, 4) is 0 Å². The normalized spacial score (nSPS) is 55.6. The molecule has 6 rings (SSSR count). The Balaban J connectivity index is 1.53. The van der Waals surface area contributed by atoms with E-state index in [1.54, 1.807) is 0 Å². The lowest BCUT2D eigenvalue weighted by atomic mass is 9.31. The van der Waals surface area contributed by atoms with E-state index in [-0.39, 0.29) is 34.9 Å². The molecular formula is C30H46O4. The van der Waals surface area contributed by atoms with E-state index in [4.69, 9.17) is 4.74 Å². The fraction of sp³-hybridized carbons (Fsp3) is 0.900. The third-order valence-corrected chi connectivity index (χ3v) is 13.6. The molecule has 0 radical (unpaired) electrons. The zero-order valence-electron chi connectivity index (χ0n) is 22.3. The van der Waals surface area contributed by atoms with Crippen LogP contribution < -0.4 is 0 Å². The summed E-state index contributed by atoms with van der Waals surface area (Å²) in [6.45, 7) is 14.2. The number of allylic oxidation sites excluding steroid dienone is 1. The Bertz CT molecular complexity index is 967. The molecule has 6 aliphatic rings. The average Bonchev–Trinajstić information content (AvgIpc) is 2.96. The summed E-state index contributed by atoms with van der Waals surface area (Å²) < 4.78 is 6.67. The van der Waals surface area contributed by atoms with Crippen LogP contribution in [0.5, 0.6) is 0 Å². The predicted octanol–water partition coefficient (Wildman–Crippen LogP) is 5.80. The first-order chi connectivity index (χ1) is 15.9. The van der Waals surface area contributed by atoms with E-state index in [0.717, 1.165) is 64.2 Å².